The van der Waals surface area contributed by atoms with Crippen LogP contribution in [0.25, 0.3) is 11.5 Å². The summed E-state index contributed by atoms with van der Waals surface area (Å²) >= 11 is 0. The van der Waals surface area contributed by atoms with Crippen molar-refractivity contribution < 1.29 is 18.8 Å². The second-order valence-corrected chi connectivity index (χ2v) is 7.05. The Labute approximate surface area is 169 Å². The molecule has 1 aliphatic heterocycles. The van der Waals surface area contributed by atoms with Gasteiger partial charge in [-0.25, -0.2) is 0 Å². The van der Waals surface area contributed by atoms with Gasteiger partial charge in [0.1, 0.15) is 5.75 Å². The summed E-state index contributed by atoms with van der Waals surface area (Å²) < 4.78 is 16.0. The van der Waals surface area contributed by atoms with Crippen LogP contribution in [0.3, 0.4) is 0 Å². The Morgan fingerprint density at radius 2 is 2.03 bits per heavy atom. The Bertz CT molecular complexity index is 957. The molecule has 2 heterocycles. The van der Waals surface area contributed by atoms with Gasteiger partial charge in [0.25, 0.3) is 5.89 Å². The molecule has 1 saturated heterocycles. The zero-order chi connectivity index (χ0) is 20.1. The number of esters is 1. The molecule has 0 saturated carbocycles. The molecule has 2 aromatic carbocycles. The molecule has 0 aliphatic carbocycles. The van der Waals surface area contributed by atoms with Crippen LogP contribution in [0.1, 0.15) is 23.7 Å². The Morgan fingerprint density at radius 1 is 1.17 bits per heavy atom. The van der Waals surface area contributed by atoms with Crippen molar-refractivity contribution in [3.05, 3.63) is 66.0 Å². The predicted octanol–water partition coefficient (Wildman–Crippen LogP) is 3.18. The lowest BCUT2D eigenvalue weighted by atomic mass is 9.87. The molecule has 1 N–H and O–H groups in total. The van der Waals surface area contributed by atoms with E-state index in [0.717, 1.165) is 30.0 Å². The van der Waals surface area contributed by atoms with Crippen molar-refractivity contribution >= 4 is 5.97 Å². The molecule has 1 fully saturated rings. The Balaban J connectivity index is 1.41. The summed E-state index contributed by atoms with van der Waals surface area (Å²) in [5, 5.41) is 7.35. The number of nitrogens with one attached hydrogen (secondary N) is 1. The fourth-order valence-electron chi connectivity index (χ4n) is 3.63. The predicted molar refractivity (Wildman–Crippen MR) is 106 cm³/mol. The maximum atomic E-state index is 11.7. The van der Waals surface area contributed by atoms with Crippen molar-refractivity contribution in [2.75, 3.05) is 20.2 Å². The maximum absolute atomic E-state index is 11.7. The normalized spacial score (nSPS) is 18.5. The summed E-state index contributed by atoms with van der Waals surface area (Å²) in [6, 6.07) is 17.6. The van der Waals surface area contributed by atoms with E-state index in [0.29, 0.717) is 18.1 Å². The summed E-state index contributed by atoms with van der Waals surface area (Å²) in [7, 11) is 1.43. The minimum absolute atomic E-state index is 0.178. The number of nitrogens with zero attached hydrogens (tertiary/aromatic N) is 2. The van der Waals surface area contributed by atoms with E-state index in [1.54, 1.807) is 0 Å². The molecule has 7 nitrogen and oxygen atoms in total. The summed E-state index contributed by atoms with van der Waals surface area (Å²) in [6.07, 6.45) is 0.407. The van der Waals surface area contributed by atoms with Crippen LogP contribution >= 0.6 is 0 Å². The Morgan fingerprint density at radius 3 is 2.86 bits per heavy atom. The average molecular weight is 393 g/mol. The number of carbonyl (C=O) groups excluding carboxylic acids is 1. The Kier molecular flexibility index (Phi) is 5.86. The van der Waals surface area contributed by atoms with Gasteiger partial charge < -0.3 is 19.3 Å². The van der Waals surface area contributed by atoms with Gasteiger partial charge in [-0.05, 0) is 42.3 Å². The summed E-state index contributed by atoms with van der Waals surface area (Å²) in [5.41, 5.74) is 2.01. The smallest absolute Gasteiger partial charge is 0.305 e. The van der Waals surface area contributed by atoms with E-state index in [2.05, 4.69) is 21.5 Å². The third-order valence-electron chi connectivity index (χ3n) is 5.14. The molecule has 1 aromatic heterocycles. The van der Waals surface area contributed by atoms with Gasteiger partial charge in [0.2, 0.25) is 5.82 Å². The lowest BCUT2D eigenvalue weighted by Crippen LogP contribution is -2.16. The van der Waals surface area contributed by atoms with Crippen molar-refractivity contribution in [2.24, 2.45) is 5.92 Å². The second kappa shape index (κ2) is 8.87. The molecule has 4 rings (SSSR count). The van der Waals surface area contributed by atoms with Gasteiger partial charge in [0.15, 0.2) is 6.61 Å². The van der Waals surface area contributed by atoms with Crippen LogP contribution in [-0.4, -0.2) is 36.3 Å². The number of methoxy groups -OCH3 is 1. The first-order chi connectivity index (χ1) is 14.2. The average Bonchev–Trinajstić information content (AvgIpc) is 3.43. The van der Waals surface area contributed by atoms with Crippen molar-refractivity contribution in [2.45, 2.75) is 18.9 Å². The van der Waals surface area contributed by atoms with Crippen LogP contribution in [0, 0.1) is 5.92 Å². The first-order valence-corrected chi connectivity index (χ1v) is 9.61. The highest BCUT2D eigenvalue weighted by atomic mass is 16.5. The summed E-state index contributed by atoms with van der Waals surface area (Å²) in [5.74, 6) is 1.97. The standard InChI is InChI=1S/C22H23N3O4/c1-27-21(26)11-17-12-23-13-19(17)16-8-5-9-18(10-16)28-14-20-24-22(29-25-20)15-6-3-2-4-7-15/h2-10,17,19,23H,11-14H2,1H3/t17-,19-/m0/s1. The second-order valence-electron chi connectivity index (χ2n) is 7.05. The first kappa shape index (κ1) is 19.1. The van der Waals surface area contributed by atoms with Crippen molar-refractivity contribution in [3.63, 3.8) is 0 Å². The number of ether oxygens (including phenoxy) is 2. The molecule has 0 radical (unpaired) electrons. The highest BCUT2D eigenvalue weighted by molar-refractivity contribution is 5.69. The number of benzene rings is 2. The van der Waals surface area contributed by atoms with Gasteiger partial charge in [-0.2, -0.15) is 4.98 Å². The van der Waals surface area contributed by atoms with E-state index in [4.69, 9.17) is 14.0 Å². The molecule has 0 bridgehead atoms. The largest absolute Gasteiger partial charge is 0.485 e. The fourth-order valence-corrected chi connectivity index (χ4v) is 3.63. The third kappa shape index (κ3) is 4.63. The van der Waals surface area contributed by atoms with Gasteiger partial charge in [-0.15, -0.1) is 0 Å². The maximum Gasteiger partial charge on any atom is 0.305 e. The van der Waals surface area contributed by atoms with E-state index in [-0.39, 0.29) is 24.4 Å². The van der Waals surface area contributed by atoms with Crippen LogP contribution < -0.4 is 10.1 Å². The molecule has 150 valence electrons. The number of aromatic nitrogens is 2. The van der Waals surface area contributed by atoms with E-state index in [1.807, 2.05) is 48.5 Å². The zero-order valence-electron chi connectivity index (χ0n) is 16.2. The molecule has 3 aromatic rings. The molecule has 2 atom stereocenters. The summed E-state index contributed by atoms with van der Waals surface area (Å²) in [4.78, 5) is 16.1. The molecule has 0 spiro atoms. The van der Waals surface area contributed by atoms with Gasteiger partial charge >= 0.3 is 5.97 Å². The topological polar surface area (TPSA) is 86.5 Å². The highest BCUT2D eigenvalue weighted by Crippen LogP contribution is 2.32. The lowest BCUT2D eigenvalue weighted by Gasteiger charge is -2.18. The van der Waals surface area contributed by atoms with Crippen LogP contribution in [0.5, 0.6) is 5.75 Å². The van der Waals surface area contributed by atoms with E-state index in [9.17, 15) is 4.79 Å². The highest BCUT2D eigenvalue weighted by Gasteiger charge is 2.30. The van der Waals surface area contributed by atoms with Gasteiger partial charge in [0.05, 0.1) is 13.5 Å². The number of hydrogen-bond donors (Lipinski definition) is 1. The first-order valence-electron chi connectivity index (χ1n) is 9.61. The molecule has 7 heteroatoms. The quantitative estimate of drug-likeness (QED) is 0.617. The Hall–Kier alpha value is -3.19. The molecule has 1 aliphatic rings. The fraction of sp³-hybridized carbons (Fsp3) is 0.318. The van der Waals surface area contributed by atoms with Crippen molar-refractivity contribution in [1.29, 1.82) is 0 Å². The monoisotopic (exact) mass is 393 g/mol. The van der Waals surface area contributed by atoms with Gasteiger partial charge in [0, 0.05) is 18.0 Å². The van der Waals surface area contributed by atoms with E-state index in [1.165, 1.54) is 7.11 Å². The number of carbonyl (C=O) groups is 1. The summed E-state index contributed by atoms with van der Waals surface area (Å²) in [6.45, 7) is 1.85. The minimum atomic E-state index is -0.178. The van der Waals surface area contributed by atoms with Crippen molar-refractivity contribution in [3.8, 4) is 17.2 Å². The zero-order valence-corrected chi connectivity index (χ0v) is 16.2. The minimum Gasteiger partial charge on any atom is -0.485 e. The molecule has 29 heavy (non-hydrogen) atoms. The molecular weight excluding hydrogens is 370 g/mol. The van der Waals surface area contributed by atoms with E-state index < -0.39 is 0 Å². The van der Waals surface area contributed by atoms with Gasteiger partial charge in [-0.3, -0.25) is 4.79 Å². The number of rotatable bonds is 7. The van der Waals surface area contributed by atoms with Crippen LogP contribution in [-0.2, 0) is 16.1 Å². The van der Waals surface area contributed by atoms with Crippen LogP contribution in [0.2, 0.25) is 0 Å². The molecule has 0 amide bonds. The van der Waals surface area contributed by atoms with Gasteiger partial charge in [-0.1, -0.05) is 35.5 Å². The lowest BCUT2D eigenvalue weighted by molar-refractivity contribution is -0.141. The third-order valence-corrected chi connectivity index (χ3v) is 5.14. The number of hydrogen-bond acceptors (Lipinski definition) is 7. The van der Waals surface area contributed by atoms with Crippen LogP contribution in [0.15, 0.2) is 59.1 Å². The molecular formula is C22H23N3O4. The SMILES string of the molecule is COC(=O)C[C@H]1CNC[C@H]1c1cccc(OCc2noc(-c3ccccc3)n2)c1. The van der Waals surface area contributed by atoms with E-state index >= 15 is 0 Å². The van der Waals surface area contributed by atoms with Crippen molar-refractivity contribution in [1.82, 2.24) is 15.5 Å². The van der Waals surface area contributed by atoms with Crippen LogP contribution in [0.4, 0.5) is 0 Å². The molecule has 0 unspecified atom stereocenters.